The summed E-state index contributed by atoms with van der Waals surface area (Å²) in [6, 6.07) is 16.4. The minimum Gasteiger partial charge on any atom is -0.370 e. The highest BCUT2D eigenvalue weighted by molar-refractivity contribution is 5.94. The molecule has 1 N–H and O–H groups in total. The Morgan fingerprint density at radius 1 is 1.17 bits per heavy atom. The molecule has 0 aliphatic carbocycles. The summed E-state index contributed by atoms with van der Waals surface area (Å²) in [5.74, 6) is 0.351. The van der Waals surface area contributed by atoms with E-state index in [1.165, 1.54) is 16.8 Å². The van der Waals surface area contributed by atoms with Gasteiger partial charge in [-0.1, -0.05) is 30.3 Å². The molecule has 0 saturated heterocycles. The molecule has 5 heteroatoms. The van der Waals surface area contributed by atoms with Crippen molar-refractivity contribution in [2.24, 2.45) is 0 Å². The number of rotatable bonds is 8. The third-order valence-electron chi connectivity index (χ3n) is 5.62. The van der Waals surface area contributed by atoms with E-state index in [1.54, 1.807) is 6.92 Å². The van der Waals surface area contributed by atoms with E-state index in [0.29, 0.717) is 19.5 Å². The maximum absolute atomic E-state index is 12.4. The van der Waals surface area contributed by atoms with Crippen LogP contribution in [-0.4, -0.2) is 38.0 Å². The van der Waals surface area contributed by atoms with Crippen molar-refractivity contribution < 1.29 is 9.59 Å². The molecule has 0 bridgehead atoms. The van der Waals surface area contributed by atoms with Crippen LogP contribution in [0.5, 0.6) is 0 Å². The molecular weight excluding hydrogens is 362 g/mol. The maximum Gasteiger partial charge on any atom is 0.223 e. The standard InChI is InChI=1S/C24H31N3O2/c1-4-26(21-9-7-8-18(2)16-21)15-14-25-24(29)13-12-20-17-27(19(3)28)23-11-6-5-10-22(20)23/h5-11,16,20H,4,12-15,17H2,1-3H3,(H,25,29)/t20-/m1/s1. The summed E-state index contributed by atoms with van der Waals surface area (Å²) in [4.78, 5) is 28.4. The summed E-state index contributed by atoms with van der Waals surface area (Å²) in [7, 11) is 0. The Kier molecular flexibility index (Phi) is 6.91. The Balaban J connectivity index is 1.47. The molecule has 0 saturated carbocycles. The van der Waals surface area contributed by atoms with Gasteiger partial charge in [-0.05, 0) is 49.6 Å². The summed E-state index contributed by atoms with van der Waals surface area (Å²) in [5.41, 5.74) is 4.59. The number of hydrogen-bond acceptors (Lipinski definition) is 3. The molecule has 1 aliphatic rings. The van der Waals surface area contributed by atoms with Crippen LogP contribution in [-0.2, 0) is 9.59 Å². The van der Waals surface area contributed by atoms with Crippen molar-refractivity contribution in [3.8, 4) is 0 Å². The van der Waals surface area contributed by atoms with Gasteiger partial charge in [0.2, 0.25) is 11.8 Å². The smallest absolute Gasteiger partial charge is 0.223 e. The molecule has 1 atom stereocenters. The van der Waals surface area contributed by atoms with Gasteiger partial charge in [0.1, 0.15) is 0 Å². The summed E-state index contributed by atoms with van der Waals surface area (Å²) in [6.07, 6.45) is 1.23. The Bertz CT molecular complexity index is 865. The number of carbonyl (C=O) groups is 2. The van der Waals surface area contributed by atoms with Crippen molar-refractivity contribution in [1.29, 1.82) is 0 Å². The number of carbonyl (C=O) groups excluding carboxylic acids is 2. The zero-order valence-electron chi connectivity index (χ0n) is 17.6. The van der Waals surface area contributed by atoms with Crippen LogP contribution in [0.1, 0.15) is 43.7 Å². The van der Waals surface area contributed by atoms with Crippen molar-refractivity contribution >= 4 is 23.2 Å². The third-order valence-corrected chi connectivity index (χ3v) is 5.62. The number of nitrogens with one attached hydrogen (secondary N) is 1. The fourth-order valence-corrected chi connectivity index (χ4v) is 4.06. The Morgan fingerprint density at radius 2 is 1.97 bits per heavy atom. The highest BCUT2D eigenvalue weighted by atomic mass is 16.2. The monoisotopic (exact) mass is 393 g/mol. The van der Waals surface area contributed by atoms with Gasteiger partial charge in [0.05, 0.1) is 0 Å². The van der Waals surface area contributed by atoms with E-state index in [4.69, 9.17) is 0 Å². The molecule has 2 amide bonds. The van der Waals surface area contributed by atoms with Gasteiger partial charge in [0.15, 0.2) is 0 Å². The Labute approximate surface area is 173 Å². The minimum atomic E-state index is 0.0557. The number of aryl methyl sites for hydroxylation is 1. The predicted molar refractivity (Wildman–Crippen MR) is 119 cm³/mol. The maximum atomic E-state index is 12.4. The third kappa shape index (κ3) is 5.17. The molecular formula is C24H31N3O2. The Hall–Kier alpha value is -2.82. The van der Waals surface area contributed by atoms with Gasteiger partial charge in [-0.3, -0.25) is 9.59 Å². The van der Waals surface area contributed by atoms with E-state index in [1.807, 2.05) is 23.1 Å². The first-order valence-electron chi connectivity index (χ1n) is 10.4. The quantitative estimate of drug-likeness (QED) is 0.741. The first-order chi connectivity index (χ1) is 14.0. The molecule has 0 spiro atoms. The fourth-order valence-electron chi connectivity index (χ4n) is 4.06. The number of hydrogen-bond donors (Lipinski definition) is 1. The number of benzene rings is 2. The second kappa shape index (κ2) is 9.59. The van der Waals surface area contributed by atoms with Crippen molar-refractivity contribution in [3.05, 3.63) is 59.7 Å². The van der Waals surface area contributed by atoms with Crippen molar-refractivity contribution in [2.75, 3.05) is 36.0 Å². The molecule has 0 aromatic heterocycles. The van der Waals surface area contributed by atoms with E-state index in [2.05, 4.69) is 54.4 Å². The van der Waals surface area contributed by atoms with Crippen molar-refractivity contribution in [3.63, 3.8) is 0 Å². The average Bonchev–Trinajstić information content (AvgIpc) is 3.09. The number of fused-ring (bicyclic) bond motifs is 1. The summed E-state index contributed by atoms with van der Waals surface area (Å²) < 4.78 is 0. The van der Waals surface area contributed by atoms with Crippen LogP contribution in [0.15, 0.2) is 48.5 Å². The van der Waals surface area contributed by atoms with E-state index in [0.717, 1.165) is 25.2 Å². The fraction of sp³-hybridized carbons (Fsp3) is 0.417. The lowest BCUT2D eigenvalue weighted by molar-refractivity contribution is -0.121. The van der Waals surface area contributed by atoms with E-state index >= 15 is 0 Å². The van der Waals surface area contributed by atoms with Crippen LogP contribution in [0.3, 0.4) is 0 Å². The molecule has 154 valence electrons. The summed E-state index contributed by atoms with van der Waals surface area (Å²) in [6.45, 7) is 8.80. The molecule has 0 unspecified atom stereocenters. The van der Waals surface area contributed by atoms with Crippen LogP contribution in [0, 0.1) is 6.92 Å². The molecule has 0 radical (unpaired) electrons. The lowest BCUT2D eigenvalue weighted by Crippen LogP contribution is -2.35. The highest BCUT2D eigenvalue weighted by Crippen LogP contribution is 2.38. The SMILES string of the molecule is CCN(CCNC(=O)CC[C@@H]1CN(C(C)=O)c2ccccc21)c1cccc(C)c1. The van der Waals surface area contributed by atoms with Crippen LogP contribution in [0.2, 0.25) is 0 Å². The summed E-state index contributed by atoms with van der Waals surface area (Å²) in [5, 5.41) is 3.05. The van der Waals surface area contributed by atoms with E-state index in [-0.39, 0.29) is 17.7 Å². The first-order valence-corrected chi connectivity index (χ1v) is 10.4. The molecule has 29 heavy (non-hydrogen) atoms. The second-order valence-corrected chi connectivity index (χ2v) is 7.69. The normalized spacial score (nSPS) is 15.1. The summed E-state index contributed by atoms with van der Waals surface area (Å²) >= 11 is 0. The van der Waals surface area contributed by atoms with Crippen LogP contribution < -0.4 is 15.1 Å². The number of anilines is 2. The molecule has 5 nitrogen and oxygen atoms in total. The number of nitrogens with zero attached hydrogens (tertiary/aromatic N) is 2. The molecule has 0 fully saturated rings. The first kappa shape index (κ1) is 20.9. The molecule has 1 heterocycles. The number of amides is 2. The zero-order valence-corrected chi connectivity index (χ0v) is 17.6. The Morgan fingerprint density at radius 3 is 2.69 bits per heavy atom. The largest absolute Gasteiger partial charge is 0.370 e. The zero-order chi connectivity index (χ0) is 20.8. The predicted octanol–water partition coefficient (Wildman–Crippen LogP) is 3.87. The van der Waals surface area contributed by atoms with Gasteiger partial charge >= 0.3 is 0 Å². The topological polar surface area (TPSA) is 52.7 Å². The van der Waals surface area contributed by atoms with E-state index in [9.17, 15) is 9.59 Å². The van der Waals surface area contributed by atoms with Gasteiger partial charge < -0.3 is 15.1 Å². The highest BCUT2D eigenvalue weighted by Gasteiger charge is 2.30. The van der Waals surface area contributed by atoms with Gasteiger partial charge in [-0.2, -0.15) is 0 Å². The van der Waals surface area contributed by atoms with Gasteiger partial charge in [-0.25, -0.2) is 0 Å². The lowest BCUT2D eigenvalue weighted by atomic mass is 9.96. The molecule has 2 aromatic carbocycles. The second-order valence-electron chi connectivity index (χ2n) is 7.69. The minimum absolute atomic E-state index is 0.0557. The van der Waals surface area contributed by atoms with Crippen LogP contribution in [0.4, 0.5) is 11.4 Å². The van der Waals surface area contributed by atoms with Gasteiger partial charge in [0, 0.05) is 56.8 Å². The van der Waals surface area contributed by atoms with Gasteiger partial charge in [0.25, 0.3) is 0 Å². The lowest BCUT2D eigenvalue weighted by Gasteiger charge is -2.23. The van der Waals surface area contributed by atoms with Crippen LogP contribution >= 0.6 is 0 Å². The average molecular weight is 394 g/mol. The number of likely N-dealkylation sites (N-methyl/N-ethyl adjacent to an activating group) is 1. The van der Waals surface area contributed by atoms with Crippen molar-refractivity contribution in [2.45, 2.75) is 39.5 Å². The van der Waals surface area contributed by atoms with Gasteiger partial charge in [-0.15, -0.1) is 0 Å². The van der Waals surface area contributed by atoms with Crippen molar-refractivity contribution in [1.82, 2.24) is 5.32 Å². The number of para-hydroxylation sites is 1. The molecule has 1 aliphatic heterocycles. The van der Waals surface area contributed by atoms with Crippen LogP contribution in [0.25, 0.3) is 0 Å². The van der Waals surface area contributed by atoms with E-state index < -0.39 is 0 Å². The molecule has 3 rings (SSSR count). The molecule has 2 aromatic rings.